The van der Waals surface area contributed by atoms with Gasteiger partial charge in [-0.15, -0.1) is 0 Å². The fourth-order valence-electron chi connectivity index (χ4n) is 1.85. The molecular formula is C14H17BrN2O3. The summed E-state index contributed by atoms with van der Waals surface area (Å²) in [5, 5.41) is 4.71. The average Bonchev–Trinajstić information content (AvgIpc) is 2.90. The van der Waals surface area contributed by atoms with Crippen molar-refractivity contribution in [3.8, 4) is 0 Å². The van der Waals surface area contributed by atoms with Gasteiger partial charge in [-0.05, 0) is 18.6 Å². The minimum Gasteiger partial charge on any atom is -0.447 e. The predicted molar refractivity (Wildman–Crippen MR) is 81.7 cm³/mol. The number of benzene rings is 1. The third-order valence-corrected chi connectivity index (χ3v) is 3.38. The highest BCUT2D eigenvalue weighted by Crippen LogP contribution is 2.20. The highest BCUT2D eigenvalue weighted by atomic mass is 79.9. The number of alkyl halides is 1. The summed E-state index contributed by atoms with van der Waals surface area (Å²) in [7, 11) is 0. The van der Waals surface area contributed by atoms with Gasteiger partial charge in [0.25, 0.3) is 0 Å². The normalized spacial score (nSPS) is 15.4. The molecule has 5 nitrogen and oxygen atoms in total. The van der Waals surface area contributed by atoms with Crippen LogP contribution in [0.1, 0.15) is 18.9 Å². The van der Waals surface area contributed by atoms with Gasteiger partial charge in [0, 0.05) is 16.6 Å². The first kappa shape index (κ1) is 14.8. The van der Waals surface area contributed by atoms with Crippen molar-refractivity contribution in [1.29, 1.82) is 0 Å². The van der Waals surface area contributed by atoms with Gasteiger partial charge in [0.1, 0.15) is 13.2 Å². The molecule has 1 amide bonds. The van der Waals surface area contributed by atoms with Crippen molar-refractivity contribution in [3.63, 3.8) is 0 Å². The monoisotopic (exact) mass is 340 g/mol. The van der Waals surface area contributed by atoms with E-state index in [9.17, 15) is 4.79 Å². The van der Waals surface area contributed by atoms with E-state index < -0.39 is 0 Å². The van der Waals surface area contributed by atoms with E-state index in [0.29, 0.717) is 25.1 Å². The van der Waals surface area contributed by atoms with Crippen molar-refractivity contribution in [1.82, 2.24) is 0 Å². The maximum Gasteiger partial charge on any atom is 0.414 e. The molecular weight excluding hydrogens is 324 g/mol. The zero-order valence-electron chi connectivity index (χ0n) is 11.3. The van der Waals surface area contributed by atoms with Crippen molar-refractivity contribution < 1.29 is 14.4 Å². The average molecular weight is 341 g/mol. The maximum absolute atomic E-state index is 11.6. The fraction of sp³-hybridized carbons (Fsp3) is 0.429. The van der Waals surface area contributed by atoms with Gasteiger partial charge in [0.05, 0.1) is 12.3 Å². The first-order valence-electron chi connectivity index (χ1n) is 6.55. The smallest absolute Gasteiger partial charge is 0.414 e. The van der Waals surface area contributed by atoms with Crippen LogP contribution in [0.25, 0.3) is 0 Å². The number of halogens is 1. The van der Waals surface area contributed by atoms with E-state index in [4.69, 9.17) is 9.57 Å². The van der Waals surface area contributed by atoms with Crippen LogP contribution < -0.4 is 4.90 Å². The lowest BCUT2D eigenvalue weighted by atomic mass is 10.1. The van der Waals surface area contributed by atoms with Gasteiger partial charge >= 0.3 is 6.09 Å². The molecule has 1 fully saturated rings. The Morgan fingerprint density at radius 2 is 2.40 bits per heavy atom. The van der Waals surface area contributed by atoms with Gasteiger partial charge < -0.3 is 9.57 Å². The number of rotatable bonds is 6. The number of carbonyl (C=O) groups excluding carboxylic acids is 1. The van der Waals surface area contributed by atoms with E-state index in [0.717, 1.165) is 23.4 Å². The molecule has 1 heterocycles. The summed E-state index contributed by atoms with van der Waals surface area (Å²) >= 11 is 3.41. The lowest BCUT2D eigenvalue weighted by molar-refractivity contribution is 0.145. The lowest BCUT2D eigenvalue weighted by Gasteiger charge is -2.14. The zero-order valence-corrected chi connectivity index (χ0v) is 12.9. The van der Waals surface area contributed by atoms with Crippen LogP contribution in [-0.4, -0.2) is 36.9 Å². The summed E-state index contributed by atoms with van der Waals surface area (Å²) in [5.74, 6) is 0. The first-order chi connectivity index (χ1) is 9.76. The van der Waals surface area contributed by atoms with Crippen molar-refractivity contribution in [3.05, 3.63) is 29.8 Å². The van der Waals surface area contributed by atoms with Gasteiger partial charge in [-0.2, -0.15) is 0 Å². The molecule has 2 rings (SSSR count). The van der Waals surface area contributed by atoms with Gasteiger partial charge in [-0.3, -0.25) is 4.90 Å². The number of nitrogens with zero attached hydrogens (tertiary/aromatic N) is 2. The molecule has 1 aliphatic rings. The Bertz CT molecular complexity index is 505. The number of anilines is 1. The Balaban J connectivity index is 2.19. The number of oxime groups is 1. The molecule has 108 valence electrons. The molecule has 0 N–H and O–H groups in total. The maximum atomic E-state index is 11.6. The second kappa shape index (κ2) is 7.28. The van der Waals surface area contributed by atoms with Crippen LogP contribution in [0.15, 0.2) is 29.4 Å². The summed E-state index contributed by atoms with van der Waals surface area (Å²) in [4.78, 5) is 18.4. The molecule has 1 aliphatic heterocycles. The Kier molecular flexibility index (Phi) is 5.40. The zero-order chi connectivity index (χ0) is 14.4. The highest BCUT2D eigenvalue weighted by molar-refractivity contribution is 9.09. The molecule has 0 aliphatic carbocycles. The number of ether oxygens (including phenoxy) is 1. The van der Waals surface area contributed by atoms with Gasteiger partial charge in [0.15, 0.2) is 0 Å². The molecule has 1 aromatic carbocycles. The van der Waals surface area contributed by atoms with E-state index in [2.05, 4.69) is 21.1 Å². The summed E-state index contributed by atoms with van der Waals surface area (Å²) in [5.41, 5.74) is 2.54. The number of amides is 1. The molecule has 6 heteroatoms. The second-order valence-electron chi connectivity index (χ2n) is 4.32. The SMILES string of the molecule is CCCO/N=C(\CBr)c1cccc(N2CCOC2=O)c1. The van der Waals surface area contributed by atoms with E-state index in [1.807, 2.05) is 31.2 Å². The molecule has 1 aromatic rings. The Labute approximate surface area is 126 Å². The summed E-state index contributed by atoms with van der Waals surface area (Å²) in [6.07, 6.45) is 0.611. The predicted octanol–water partition coefficient (Wildman–Crippen LogP) is 3.17. The van der Waals surface area contributed by atoms with Crippen LogP contribution in [0.2, 0.25) is 0 Å². The molecule has 1 saturated heterocycles. The number of carbonyl (C=O) groups is 1. The largest absolute Gasteiger partial charge is 0.447 e. The molecule has 0 aromatic heterocycles. The van der Waals surface area contributed by atoms with E-state index >= 15 is 0 Å². The quantitative estimate of drug-likeness (QED) is 0.346. The van der Waals surface area contributed by atoms with E-state index in [1.165, 1.54) is 0 Å². The van der Waals surface area contributed by atoms with Gasteiger partial charge in [-0.1, -0.05) is 40.1 Å². The topological polar surface area (TPSA) is 51.1 Å². The van der Waals surface area contributed by atoms with Crippen LogP contribution in [0, 0.1) is 0 Å². The summed E-state index contributed by atoms with van der Waals surface area (Å²) in [6, 6.07) is 7.64. The molecule has 0 spiro atoms. The molecule has 0 atom stereocenters. The summed E-state index contributed by atoms with van der Waals surface area (Å²) < 4.78 is 4.95. The molecule has 20 heavy (non-hydrogen) atoms. The van der Waals surface area contributed by atoms with Gasteiger partial charge in [0.2, 0.25) is 0 Å². The van der Waals surface area contributed by atoms with Crippen molar-refractivity contribution in [2.75, 3.05) is 30.0 Å². The third kappa shape index (κ3) is 3.50. The van der Waals surface area contributed by atoms with Crippen LogP contribution in [0.4, 0.5) is 10.5 Å². The standard InChI is InChI=1S/C14H17BrN2O3/c1-2-7-20-16-13(10-15)11-4-3-5-12(9-11)17-6-8-19-14(17)18/h3-5,9H,2,6-8,10H2,1H3/b16-13+. The Hall–Kier alpha value is -1.56. The third-order valence-electron chi connectivity index (χ3n) is 2.85. The summed E-state index contributed by atoms with van der Waals surface area (Å²) in [6.45, 7) is 3.63. The highest BCUT2D eigenvalue weighted by Gasteiger charge is 2.23. The molecule has 0 saturated carbocycles. The molecule has 0 bridgehead atoms. The molecule has 0 radical (unpaired) electrons. The number of hydrogen-bond donors (Lipinski definition) is 0. The Morgan fingerprint density at radius 1 is 1.55 bits per heavy atom. The Morgan fingerprint density at radius 3 is 3.05 bits per heavy atom. The van der Waals surface area contributed by atoms with Crippen LogP contribution in [0.5, 0.6) is 0 Å². The number of hydrogen-bond acceptors (Lipinski definition) is 4. The van der Waals surface area contributed by atoms with E-state index in [1.54, 1.807) is 4.90 Å². The van der Waals surface area contributed by atoms with Crippen molar-refractivity contribution >= 4 is 33.4 Å². The number of cyclic esters (lactones) is 1. The minimum absolute atomic E-state index is 0.304. The lowest BCUT2D eigenvalue weighted by Crippen LogP contribution is -2.23. The first-order valence-corrected chi connectivity index (χ1v) is 7.68. The fourth-order valence-corrected chi connectivity index (χ4v) is 2.28. The van der Waals surface area contributed by atoms with Crippen LogP contribution in [0.3, 0.4) is 0 Å². The second-order valence-corrected chi connectivity index (χ2v) is 4.88. The van der Waals surface area contributed by atoms with Crippen molar-refractivity contribution in [2.45, 2.75) is 13.3 Å². The van der Waals surface area contributed by atoms with Gasteiger partial charge in [-0.25, -0.2) is 4.79 Å². The van der Waals surface area contributed by atoms with Crippen molar-refractivity contribution in [2.24, 2.45) is 5.16 Å². The van der Waals surface area contributed by atoms with Crippen LogP contribution in [-0.2, 0) is 9.57 Å². The van der Waals surface area contributed by atoms with Crippen LogP contribution >= 0.6 is 15.9 Å². The molecule has 0 unspecified atom stereocenters. The minimum atomic E-state index is -0.304. The van der Waals surface area contributed by atoms with E-state index in [-0.39, 0.29) is 6.09 Å².